The van der Waals surface area contributed by atoms with E-state index >= 15 is 0 Å². The largest absolute Gasteiger partial charge is 0.309 e. The number of pyridine rings is 1. The van der Waals surface area contributed by atoms with Crippen LogP contribution in [0.2, 0.25) is 0 Å². The zero-order valence-electron chi connectivity index (χ0n) is 29.8. The van der Waals surface area contributed by atoms with Crippen molar-refractivity contribution in [3.8, 4) is 56.9 Å². The fraction of sp³-hybridized carbons (Fsp3) is 0. The van der Waals surface area contributed by atoms with Crippen molar-refractivity contribution in [2.45, 2.75) is 0 Å². The molecule has 0 saturated carbocycles. The third-order valence-corrected chi connectivity index (χ3v) is 10.7. The minimum atomic E-state index is 0.545. The van der Waals surface area contributed by atoms with Crippen molar-refractivity contribution in [1.82, 2.24) is 14.1 Å². The predicted octanol–water partition coefficient (Wildman–Crippen LogP) is 12.6. The molecule has 10 rings (SSSR count). The van der Waals surface area contributed by atoms with Crippen LogP contribution >= 0.6 is 0 Å². The molecule has 0 bridgehead atoms. The summed E-state index contributed by atoms with van der Waals surface area (Å²) in [5, 5.41) is 24.4. The monoisotopic (exact) mass is 712 g/mol. The van der Waals surface area contributed by atoms with E-state index in [0.717, 1.165) is 88.4 Å². The molecular formula is C50H28N6. The van der Waals surface area contributed by atoms with Gasteiger partial charge < -0.3 is 9.13 Å². The van der Waals surface area contributed by atoms with Crippen molar-refractivity contribution in [2.24, 2.45) is 0 Å². The smallest absolute Gasteiger partial charge is 0.194 e. The number of hydrogen-bond acceptors (Lipinski definition) is 3. The van der Waals surface area contributed by atoms with E-state index in [1.54, 1.807) is 0 Å². The maximum Gasteiger partial charge on any atom is 0.194 e. The number of nitrogens with zero attached hydrogens (tertiary/aromatic N) is 6. The molecule has 10 aromatic rings. The Bertz CT molecular complexity index is 3360. The van der Waals surface area contributed by atoms with Crippen LogP contribution in [0, 0.1) is 29.2 Å². The highest BCUT2D eigenvalue weighted by atomic mass is 15.0. The van der Waals surface area contributed by atoms with Crippen LogP contribution < -0.4 is 0 Å². The third kappa shape index (κ3) is 4.97. The van der Waals surface area contributed by atoms with Gasteiger partial charge >= 0.3 is 0 Å². The maximum atomic E-state index is 10.2. The summed E-state index contributed by atoms with van der Waals surface area (Å²) in [6, 6.07) is 57.5. The van der Waals surface area contributed by atoms with Crippen molar-refractivity contribution >= 4 is 49.3 Å². The summed E-state index contributed by atoms with van der Waals surface area (Å²) in [5.74, 6) is 0. The molecule has 0 aliphatic carbocycles. The summed E-state index contributed by atoms with van der Waals surface area (Å²) in [4.78, 5) is 8.47. The number of para-hydroxylation sites is 3. The first-order valence-corrected chi connectivity index (χ1v) is 18.2. The Kier molecular flexibility index (Phi) is 7.53. The molecule has 0 fully saturated rings. The molecule has 0 spiro atoms. The minimum absolute atomic E-state index is 0.545. The van der Waals surface area contributed by atoms with Gasteiger partial charge in [-0.05, 0) is 82.9 Å². The Morgan fingerprint density at radius 2 is 1.07 bits per heavy atom. The molecule has 0 radical (unpaired) electrons. The van der Waals surface area contributed by atoms with E-state index in [2.05, 4.69) is 110 Å². The molecule has 0 atom stereocenters. The van der Waals surface area contributed by atoms with Gasteiger partial charge in [0.25, 0.3) is 0 Å². The van der Waals surface area contributed by atoms with Crippen LogP contribution in [-0.2, 0) is 0 Å². The van der Waals surface area contributed by atoms with E-state index in [9.17, 15) is 10.5 Å². The standard InChI is InChI=1S/C50H28N6/c1-53-44-15-7-4-12-37(44)34-20-23-47-42(28-34)38-13-5-8-16-45(38)55(47)49-24-25-54-31-43(49)40-21-18-32(29-51)26-50(40)56-46-17-9-6-14-39(46)41-27-33(19-22-48(41)56)36-11-3-2-10-35(36)30-52/h2-28,31H. The summed E-state index contributed by atoms with van der Waals surface area (Å²) >= 11 is 0. The van der Waals surface area contributed by atoms with E-state index in [1.807, 2.05) is 91.3 Å². The lowest BCUT2D eigenvalue weighted by Gasteiger charge is -2.18. The fourth-order valence-electron chi connectivity index (χ4n) is 8.25. The lowest BCUT2D eigenvalue weighted by Crippen LogP contribution is -2.02. The molecule has 56 heavy (non-hydrogen) atoms. The lowest BCUT2D eigenvalue weighted by molar-refractivity contribution is 1.14. The van der Waals surface area contributed by atoms with Gasteiger partial charge in [0.15, 0.2) is 5.69 Å². The summed E-state index contributed by atoms with van der Waals surface area (Å²) in [5.41, 5.74) is 13.2. The molecule has 0 N–H and O–H groups in total. The number of aromatic nitrogens is 3. The minimum Gasteiger partial charge on any atom is -0.309 e. The third-order valence-electron chi connectivity index (χ3n) is 10.7. The molecule has 258 valence electrons. The van der Waals surface area contributed by atoms with Gasteiger partial charge in [0, 0.05) is 45.1 Å². The number of fused-ring (bicyclic) bond motifs is 6. The topological polar surface area (TPSA) is 74.7 Å². The molecule has 0 saturated heterocycles. The van der Waals surface area contributed by atoms with Gasteiger partial charge in [0.1, 0.15) is 0 Å². The highest BCUT2D eigenvalue weighted by Gasteiger charge is 2.22. The Morgan fingerprint density at radius 1 is 0.482 bits per heavy atom. The van der Waals surface area contributed by atoms with E-state index in [0.29, 0.717) is 16.8 Å². The average Bonchev–Trinajstić information content (AvgIpc) is 3.78. The van der Waals surface area contributed by atoms with Gasteiger partial charge in [0.05, 0.1) is 63.3 Å². The molecule has 0 aliphatic rings. The zero-order chi connectivity index (χ0) is 37.8. The summed E-state index contributed by atoms with van der Waals surface area (Å²) in [6.45, 7) is 7.78. The molecule has 0 aliphatic heterocycles. The second-order valence-electron chi connectivity index (χ2n) is 13.7. The van der Waals surface area contributed by atoms with Gasteiger partial charge in [-0.1, -0.05) is 97.1 Å². The van der Waals surface area contributed by atoms with Gasteiger partial charge in [-0.15, -0.1) is 0 Å². The fourth-order valence-corrected chi connectivity index (χ4v) is 8.25. The molecule has 0 unspecified atom stereocenters. The van der Waals surface area contributed by atoms with E-state index in [-0.39, 0.29) is 0 Å². The Morgan fingerprint density at radius 3 is 1.75 bits per heavy atom. The Balaban J connectivity index is 1.23. The van der Waals surface area contributed by atoms with Crippen molar-refractivity contribution in [3.63, 3.8) is 0 Å². The number of hydrogen-bond donors (Lipinski definition) is 0. The normalized spacial score (nSPS) is 11.2. The van der Waals surface area contributed by atoms with Crippen LogP contribution in [0.25, 0.3) is 93.2 Å². The van der Waals surface area contributed by atoms with Crippen LogP contribution in [-0.4, -0.2) is 14.1 Å². The highest BCUT2D eigenvalue weighted by Crippen LogP contribution is 2.43. The molecule has 3 heterocycles. The van der Waals surface area contributed by atoms with E-state index in [4.69, 9.17) is 6.57 Å². The van der Waals surface area contributed by atoms with Crippen molar-refractivity contribution < 1.29 is 0 Å². The quantitative estimate of drug-likeness (QED) is 0.167. The number of nitriles is 2. The summed E-state index contributed by atoms with van der Waals surface area (Å²) < 4.78 is 4.53. The van der Waals surface area contributed by atoms with Crippen LogP contribution in [0.4, 0.5) is 5.69 Å². The molecular weight excluding hydrogens is 685 g/mol. The Labute approximate surface area is 322 Å². The second-order valence-corrected chi connectivity index (χ2v) is 13.7. The van der Waals surface area contributed by atoms with Crippen molar-refractivity contribution in [3.05, 3.63) is 193 Å². The van der Waals surface area contributed by atoms with Gasteiger partial charge in [0.2, 0.25) is 0 Å². The maximum absolute atomic E-state index is 10.2. The van der Waals surface area contributed by atoms with Crippen LogP contribution in [0.5, 0.6) is 0 Å². The molecule has 7 aromatic carbocycles. The van der Waals surface area contributed by atoms with Crippen LogP contribution in [0.1, 0.15) is 11.1 Å². The number of rotatable bonds is 5. The SMILES string of the molecule is [C-]#[N+]c1ccccc1-c1ccc2c(c1)c1ccccc1n2-c1ccncc1-c1ccc(C#N)cc1-n1c2ccccc2c2cc(-c3ccccc3C#N)ccc21. The van der Waals surface area contributed by atoms with Gasteiger partial charge in [-0.3, -0.25) is 4.98 Å². The first-order valence-electron chi connectivity index (χ1n) is 18.2. The van der Waals surface area contributed by atoms with Gasteiger partial charge in [-0.2, -0.15) is 10.5 Å². The summed E-state index contributed by atoms with van der Waals surface area (Å²) in [7, 11) is 0. The predicted molar refractivity (Wildman–Crippen MR) is 225 cm³/mol. The average molecular weight is 713 g/mol. The van der Waals surface area contributed by atoms with Crippen LogP contribution in [0.15, 0.2) is 170 Å². The molecule has 6 heteroatoms. The zero-order valence-corrected chi connectivity index (χ0v) is 29.8. The Hall–Kier alpha value is -8.24. The van der Waals surface area contributed by atoms with Crippen molar-refractivity contribution in [1.29, 1.82) is 10.5 Å². The van der Waals surface area contributed by atoms with E-state index in [1.165, 1.54) is 0 Å². The summed E-state index contributed by atoms with van der Waals surface area (Å²) in [6.07, 6.45) is 3.73. The van der Waals surface area contributed by atoms with E-state index < -0.39 is 0 Å². The molecule has 0 amide bonds. The number of benzene rings is 7. The van der Waals surface area contributed by atoms with Crippen molar-refractivity contribution in [2.75, 3.05) is 0 Å². The molecule has 6 nitrogen and oxygen atoms in total. The second kappa shape index (κ2) is 13.0. The highest BCUT2D eigenvalue weighted by molar-refractivity contribution is 6.13. The van der Waals surface area contributed by atoms with Gasteiger partial charge in [-0.25, -0.2) is 4.85 Å². The first-order chi connectivity index (χ1) is 27.7. The lowest BCUT2D eigenvalue weighted by atomic mass is 9.98. The first kappa shape index (κ1) is 32.4. The molecule has 3 aromatic heterocycles. The van der Waals surface area contributed by atoms with Crippen LogP contribution in [0.3, 0.4) is 0 Å².